The Morgan fingerprint density at radius 2 is 2.08 bits per heavy atom. The number of aromatic nitrogens is 1. The molecule has 4 heterocycles. The van der Waals surface area contributed by atoms with E-state index in [2.05, 4.69) is 21.3 Å². The van der Waals surface area contributed by atoms with Crippen molar-refractivity contribution in [3.63, 3.8) is 0 Å². The molecule has 4 rings (SSSR count). The quantitative estimate of drug-likeness (QED) is 0.894. The third kappa shape index (κ3) is 2.95. The molecule has 0 amide bonds. The first-order chi connectivity index (χ1) is 11.6. The first kappa shape index (κ1) is 16.0. The third-order valence-corrected chi connectivity index (χ3v) is 7.46. The number of rotatable bonds is 4. The van der Waals surface area contributed by atoms with Gasteiger partial charge in [0.2, 0.25) is 10.0 Å². The molecule has 128 valence electrons. The zero-order chi connectivity index (χ0) is 16.6. The zero-order valence-corrected chi connectivity index (χ0v) is 14.9. The van der Waals surface area contributed by atoms with Gasteiger partial charge in [-0.1, -0.05) is 6.07 Å². The van der Waals surface area contributed by atoms with Crippen LogP contribution in [0.25, 0.3) is 0 Å². The van der Waals surface area contributed by atoms with Crippen molar-refractivity contribution in [1.82, 2.24) is 14.2 Å². The van der Waals surface area contributed by atoms with E-state index in [0.717, 1.165) is 32.0 Å². The van der Waals surface area contributed by atoms with Gasteiger partial charge >= 0.3 is 0 Å². The summed E-state index contributed by atoms with van der Waals surface area (Å²) in [5.41, 5.74) is 1.27. The van der Waals surface area contributed by atoms with Crippen molar-refractivity contribution >= 4 is 27.2 Å². The normalized spacial score (nSPS) is 22.2. The van der Waals surface area contributed by atoms with Gasteiger partial charge in [0.1, 0.15) is 5.82 Å². The molecule has 0 aliphatic carbocycles. The number of pyridine rings is 1. The molecule has 8 heteroatoms. The maximum atomic E-state index is 12.6. The van der Waals surface area contributed by atoms with E-state index in [-0.39, 0.29) is 0 Å². The number of thiophene rings is 1. The summed E-state index contributed by atoms with van der Waals surface area (Å²) < 4.78 is 26.7. The Balaban J connectivity index is 1.37. The number of piperazine rings is 1. The Morgan fingerprint density at radius 1 is 1.25 bits per heavy atom. The lowest BCUT2D eigenvalue weighted by molar-refractivity contribution is 0.181. The number of hydrogen-bond donors (Lipinski definition) is 1. The average Bonchev–Trinajstić information content (AvgIpc) is 3.26. The summed E-state index contributed by atoms with van der Waals surface area (Å²) in [7, 11) is -3.32. The summed E-state index contributed by atoms with van der Waals surface area (Å²) in [5.74, 6) is 1.41. The van der Waals surface area contributed by atoms with Crippen molar-refractivity contribution in [1.29, 1.82) is 0 Å². The fourth-order valence-electron chi connectivity index (χ4n) is 3.40. The van der Waals surface area contributed by atoms with Gasteiger partial charge in [0.05, 0.1) is 4.90 Å². The minimum atomic E-state index is -3.32. The zero-order valence-electron chi connectivity index (χ0n) is 13.3. The van der Waals surface area contributed by atoms with Gasteiger partial charge < -0.3 is 10.2 Å². The highest BCUT2D eigenvalue weighted by Crippen LogP contribution is 2.30. The highest BCUT2D eigenvalue weighted by atomic mass is 32.2. The molecule has 6 nitrogen and oxygen atoms in total. The minimum Gasteiger partial charge on any atom is -0.369 e. The maximum absolute atomic E-state index is 12.6. The molecular weight excluding hydrogens is 344 g/mol. The van der Waals surface area contributed by atoms with Crippen molar-refractivity contribution in [2.24, 2.45) is 0 Å². The van der Waals surface area contributed by atoms with E-state index in [1.165, 1.54) is 16.9 Å². The molecule has 0 radical (unpaired) electrons. The lowest BCUT2D eigenvalue weighted by Crippen LogP contribution is -2.49. The summed E-state index contributed by atoms with van der Waals surface area (Å²) in [5, 5.41) is 6.86. The summed E-state index contributed by atoms with van der Waals surface area (Å²) in [4.78, 5) is 7.13. The van der Waals surface area contributed by atoms with E-state index in [9.17, 15) is 8.42 Å². The van der Waals surface area contributed by atoms with Gasteiger partial charge in [-0.05, 0) is 17.5 Å². The molecule has 0 saturated carbocycles. The smallest absolute Gasteiger partial charge is 0.243 e. The second kappa shape index (κ2) is 6.44. The molecule has 2 aromatic heterocycles. The van der Waals surface area contributed by atoms with Gasteiger partial charge in [-0.25, -0.2) is 13.4 Å². The van der Waals surface area contributed by atoms with E-state index >= 15 is 0 Å². The third-order valence-electron chi connectivity index (χ3n) is 4.74. The van der Waals surface area contributed by atoms with Crippen molar-refractivity contribution in [2.45, 2.75) is 10.8 Å². The fourth-order valence-corrected chi connectivity index (χ4v) is 5.84. The van der Waals surface area contributed by atoms with Crippen molar-refractivity contribution in [3.8, 4) is 0 Å². The Bertz CT molecular complexity index is 799. The number of sulfonamides is 1. The first-order valence-electron chi connectivity index (χ1n) is 8.08. The van der Waals surface area contributed by atoms with Crippen LogP contribution in [0.2, 0.25) is 0 Å². The predicted octanol–water partition coefficient (Wildman–Crippen LogP) is 1.66. The number of anilines is 1. The van der Waals surface area contributed by atoms with Gasteiger partial charge in [0, 0.05) is 62.3 Å². The van der Waals surface area contributed by atoms with Crippen LogP contribution in [0.3, 0.4) is 0 Å². The van der Waals surface area contributed by atoms with Gasteiger partial charge in [0.25, 0.3) is 0 Å². The van der Waals surface area contributed by atoms with Crippen LogP contribution in [0.5, 0.6) is 0 Å². The van der Waals surface area contributed by atoms with E-state index < -0.39 is 10.0 Å². The minimum absolute atomic E-state index is 0.418. The van der Waals surface area contributed by atoms with Gasteiger partial charge in [-0.2, -0.15) is 15.6 Å². The lowest BCUT2D eigenvalue weighted by atomic mass is 10.0. The number of nitrogens with zero attached hydrogens (tertiary/aromatic N) is 3. The Morgan fingerprint density at radius 3 is 2.83 bits per heavy atom. The molecule has 1 unspecified atom stereocenters. The van der Waals surface area contributed by atoms with Crippen molar-refractivity contribution in [3.05, 3.63) is 40.7 Å². The highest BCUT2D eigenvalue weighted by Gasteiger charge is 2.31. The fraction of sp³-hybridized carbons (Fsp3) is 0.438. The lowest BCUT2D eigenvalue weighted by Gasteiger charge is -2.35. The van der Waals surface area contributed by atoms with E-state index in [4.69, 9.17) is 0 Å². The van der Waals surface area contributed by atoms with Crippen molar-refractivity contribution < 1.29 is 8.42 Å². The van der Waals surface area contributed by atoms with E-state index in [0.29, 0.717) is 23.9 Å². The standard InChI is InChI=1S/C16H20N4O2S2/c21-24(22,14-3-9-23-12-14)20-7-5-19(6-8-20)11-13-10-18-16-15(13)2-1-4-17-16/h1-4,9,12-13H,5-8,10-11H2,(H,17,18). The predicted molar refractivity (Wildman–Crippen MR) is 95.0 cm³/mol. The largest absolute Gasteiger partial charge is 0.369 e. The first-order valence-corrected chi connectivity index (χ1v) is 10.5. The van der Waals surface area contributed by atoms with Crippen molar-refractivity contribution in [2.75, 3.05) is 44.6 Å². The van der Waals surface area contributed by atoms with Crippen LogP contribution < -0.4 is 5.32 Å². The molecule has 2 aliphatic heterocycles. The molecular formula is C16H20N4O2S2. The highest BCUT2D eigenvalue weighted by molar-refractivity contribution is 7.89. The second-order valence-corrected chi connectivity index (χ2v) is 8.90. The Kier molecular flexibility index (Phi) is 4.29. The molecule has 1 fully saturated rings. The SMILES string of the molecule is O=S(=O)(c1ccsc1)N1CCN(CC2CNc3ncccc32)CC1. The number of nitrogens with one attached hydrogen (secondary N) is 1. The molecule has 2 aliphatic rings. The Hall–Kier alpha value is -1.48. The summed E-state index contributed by atoms with van der Waals surface area (Å²) >= 11 is 1.42. The summed E-state index contributed by atoms with van der Waals surface area (Å²) in [6.45, 7) is 4.50. The maximum Gasteiger partial charge on any atom is 0.243 e. The van der Waals surface area contributed by atoms with Crippen LogP contribution in [0, 0.1) is 0 Å². The van der Waals surface area contributed by atoms with Crippen LogP contribution in [-0.4, -0.2) is 61.9 Å². The molecule has 1 N–H and O–H groups in total. The van der Waals surface area contributed by atoms with Gasteiger partial charge in [-0.3, -0.25) is 0 Å². The molecule has 1 saturated heterocycles. The van der Waals surface area contributed by atoms with Crippen LogP contribution in [0.1, 0.15) is 11.5 Å². The van der Waals surface area contributed by atoms with Gasteiger partial charge in [0.15, 0.2) is 0 Å². The van der Waals surface area contributed by atoms with Crippen LogP contribution in [0.15, 0.2) is 40.1 Å². The molecule has 0 bridgehead atoms. The number of fused-ring (bicyclic) bond motifs is 1. The summed E-state index contributed by atoms with van der Waals surface area (Å²) in [6, 6.07) is 5.79. The monoisotopic (exact) mass is 364 g/mol. The second-order valence-electron chi connectivity index (χ2n) is 6.18. The molecule has 24 heavy (non-hydrogen) atoms. The molecule has 1 atom stereocenters. The topological polar surface area (TPSA) is 65.5 Å². The van der Waals surface area contributed by atoms with Gasteiger partial charge in [-0.15, -0.1) is 0 Å². The number of hydrogen-bond acceptors (Lipinski definition) is 6. The molecule has 0 aromatic carbocycles. The van der Waals surface area contributed by atoms with E-state index in [1.807, 2.05) is 17.6 Å². The van der Waals surface area contributed by atoms with Crippen LogP contribution >= 0.6 is 11.3 Å². The average molecular weight is 364 g/mol. The molecule has 0 spiro atoms. The van der Waals surface area contributed by atoms with E-state index in [1.54, 1.807) is 15.8 Å². The summed E-state index contributed by atoms with van der Waals surface area (Å²) in [6.07, 6.45) is 1.81. The Labute approximate surface area is 146 Å². The van der Waals surface area contributed by atoms with Crippen LogP contribution in [0.4, 0.5) is 5.82 Å². The molecule has 2 aromatic rings. The van der Waals surface area contributed by atoms with Crippen LogP contribution in [-0.2, 0) is 10.0 Å².